The van der Waals surface area contributed by atoms with Crippen molar-refractivity contribution in [1.29, 1.82) is 5.26 Å². The molecule has 1 N–H and O–H groups in total. The zero-order valence-electron chi connectivity index (χ0n) is 18.7. The normalized spacial score (nSPS) is 21.4. The molecular formula is C28H25N3O3. The Morgan fingerprint density at radius 3 is 2.24 bits per heavy atom. The van der Waals surface area contributed by atoms with Gasteiger partial charge in [-0.2, -0.15) is 5.26 Å². The Kier molecular flexibility index (Phi) is 5.87. The van der Waals surface area contributed by atoms with Crippen LogP contribution in [0.5, 0.6) is 0 Å². The lowest BCUT2D eigenvalue weighted by Crippen LogP contribution is -2.73. The van der Waals surface area contributed by atoms with Gasteiger partial charge in [-0.1, -0.05) is 66.7 Å². The van der Waals surface area contributed by atoms with E-state index in [4.69, 9.17) is 5.26 Å². The molecule has 0 unspecified atom stereocenters. The number of aliphatic hydroxyl groups is 1. The van der Waals surface area contributed by atoms with Gasteiger partial charge >= 0.3 is 0 Å². The molecule has 5 rings (SSSR count). The van der Waals surface area contributed by atoms with Gasteiger partial charge in [0.1, 0.15) is 0 Å². The van der Waals surface area contributed by atoms with Crippen molar-refractivity contribution in [3.8, 4) is 17.2 Å². The molecule has 0 aliphatic carbocycles. The van der Waals surface area contributed by atoms with Crippen LogP contribution in [0.3, 0.4) is 0 Å². The number of hydrogen-bond acceptors (Lipinski definition) is 4. The number of fused-ring (bicyclic) bond motifs is 1. The minimum atomic E-state index is -0.273. The summed E-state index contributed by atoms with van der Waals surface area (Å²) in [5.41, 5.74) is 4.64. The number of benzene rings is 3. The first-order valence-corrected chi connectivity index (χ1v) is 11.4. The van der Waals surface area contributed by atoms with Gasteiger partial charge < -0.3 is 14.9 Å². The molecular weight excluding hydrogens is 426 g/mol. The van der Waals surface area contributed by atoms with E-state index < -0.39 is 0 Å². The van der Waals surface area contributed by atoms with Crippen LogP contribution in [0.15, 0.2) is 78.9 Å². The van der Waals surface area contributed by atoms with Crippen LogP contribution in [0, 0.1) is 11.3 Å². The van der Waals surface area contributed by atoms with E-state index in [2.05, 4.69) is 6.07 Å². The summed E-state index contributed by atoms with van der Waals surface area (Å²) in [6.07, 6.45) is 0.272. The van der Waals surface area contributed by atoms with Crippen LogP contribution in [-0.4, -0.2) is 58.5 Å². The van der Waals surface area contributed by atoms with Gasteiger partial charge in [-0.15, -0.1) is 0 Å². The number of nitrogens with zero attached hydrogens (tertiary/aromatic N) is 3. The highest BCUT2D eigenvalue weighted by atomic mass is 16.3. The molecule has 6 nitrogen and oxygen atoms in total. The number of aliphatic hydroxyl groups excluding tert-OH is 1. The van der Waals surface area contributed by atoms with Crippen LogP contribution in [0.4, 0.5) is 0 Å². The average Bonchev–Trinajstić information content (AvgIpc) is 2.86. The molecule has 3 atom stereocenters. The van der Waals surface area contributed by atoms with Crippen molar-refractivity contribution in [2.24, 2.45) is 0 Å². The third-order valence-electron chi connectivity index (χ3n) is 6.95. The molecule has 0 radical (unpaired) electrons. The van der Waals surface area contributed by atoms with Gasteiger partial charge in [0.25, 0.3) is 0 Å². The number of carbonyl (C=O) groups excluding carboxylic acids is 2. The summed E-state index contributed by atoms with van der Waals surface area (Å²) in [4.78, 5) is 29.2. The Hall–Kier alpha value is -3.95. The largest absolute Gasteiger partial charge is 0.394 e. The minimum Gasteiger partial charge on any atom is -0.394 e. The van der Waals surface area contributed by atoms with Crippen LogP contribution in [0.1, 0.15) is 22.6 Å². The Morgan fingerprint density at radius 2 is 1.62 bits per heavy atom. The smallest absolute Gasteiger partial charge is 0.242 e. The fourth-order valence-electron chi connectivity index (χ4n) is 5.21. The van der Waals surface area contributed by atoms with E-state index in [1.54, 1.807) is 21.9 Å². The fraction of sp³-hybridized carbons (Fsp3) is 0.250. The van der Waals surface area contributed by atoms with Crippen molar-refractivity contribution in [2.75, 3.05) is 19.7 Å². The fourth-order valence-corrected chi connectivity index (χ4v) is 5.21. The van der Waals surface area contributed by atoms with Gasteiger partial charge in [0.2, 0.25) is 11.8 Å². The molecule has 6 heteroatoms. The average molecular weight is 452 g/mol. The zero-order chi connectivity index (χ0) is 23.7. The monoisotopic (exact) mass is 451 g/mol. The maximum absolute atomic E-state index is 12.9. The summed E-state index contributed by atoms with van der Waals surface area (Å²) in [7, 11) is 0. The van der Waals surface area contributed by atoms with Crippen molar-refractivity contribution in [3.05, 3.63) is 95.6 Å². The molecule has 2 saturated heterocycles. The predicted molar refractivity (Wildman–Crippen MR) is 128 cm³/mol. The van der Waals surface area contributed by atoms with Crippen LogP contribution in [0.25, 0.3) is 11.1 Å². The second-order valence-corrected chi connectivity index (χ2v) is 8.89. The van der Waals surface area contributed by atoms with E-state index in [1.165, 1.54) is 0 Å². The Morgan fingerprint density at radius 1 is 0.971 bits per heavy atom. The van der Waals surface area contributed by atoms with E-state index in [0.29, 0.717) is 12.1 Å². The van der Waals surface area contributed by atoms with Crippen molar-refractivity contribution in [2.45, 2.75) is 24.4 Å². The summed E-state index contributed by atoms with van der Waals surface area (Å²) < 4.78 is 0. The molecule has 34 heavy (non-hydrogen) atoms. The van der Waals surface area contributed by atoms with E-state index in [9.17, 15) is 14.7 Å². The van der Waals surface area contributed by atoms with Crippen molar-refractivity contribution >= 4 is 11.8 Å². The number of piperazine rings is 1. The lowest BCUT2D eigenvalue weighted by molar-refractivity contribution is -0.166. The predicted octanol–water partition coefficient (Wildman–Crippen LogP) is 2.97. The first-order chi connectivity index (χ1) is 16.6. The summed E-state index contributed by atoms with van der Waals surface area (Å²) in [5, 5.41) is 19.0. The van der Waals surface area contributed by atoms with Crippen molar-refractivity contribution in [1.82, 2.24) is 9.80 Å². The van der Waals surface area contributed by atoms with Gasteiger partial charge in [-0.05, 0) is 34.4 Å². The van der Waals surface area contributed by atoms with E-state index in [0.717, 1.165) is 22.3 Å². The van der Waals surface area contributed by atoms with E-state index in [-0.39, 0.29) is 49.4 Å². The lowest BCUT2D eigenvalue weighted by atomic mass is 9.73. The van der Waals surface area contributed by atoms with Gasteiger partial charge in [-0.25, -0.2) is 0 Å². The number of carbonyl (C=O) groups is 2. The Balaban J connectivity index is 1.34. The molecule has 2 fully saturated rings. The zero-order valence-corrected chi connectivity index (χ0v) is 18.7. The number of nitriles is 1. The van der Waals surface area contributed by atoms with Crippen LogP contribution in [0.2, 0.25) is 0 Å². The summed E-state index contributed by atoms with van der Waals surface area (Å²) in [5.74, 6) is -0.194. The SMILES string of the molecule is N#Cc1ccc(-c2ccc([C@H]3[C@@H](CO)N4C(=O)CN(C(=O)Cc5ccccc5)C[C@@H]34)cc2)cc1. The van der Waals surface area contributed by atoms with E-state index in [1.807, 2.05) is 66.7 Å². The molecule has 170 valence electrons. The number of rotatable bonds is 5. The second kappa shape index (κ2) is 9.12. The molecule has 3 aromatic carbocycles. The standard InChI is InChI=1S/C28H25N3O3/c29-15-20-6-8-21(9-7-20)22-10-12-23(13-11-22)28-24-16-30(17-27(34)31(24)25(28)18-32)26(33)14-19-4-2-1-3-5-19/h1-13,24-25,28,32H,14,16-18H2/t24-,25+,28+/m0/s1. The summed E-state index contributed by atoms with van der Waals surface area (Å²) >= 11 is 0. The van der Waals surface area contributed by atoms with Crippen LogP contribution >= 0.6 is 0 Å². The molecule has 2 amide bonds. The molecule has 0 spiro atoms. The highest BCUT2D eigenvalue weighted by Gasteiger charge is 2.54. The lowest BCUT2D eigenvalue weighted by Gasteiger charge is -2.58. The molecule has 0 aromatic heterocycles. The van der Waals surface area contributed by atoms with Crippen molar-refractivity contribution in [3.63, 3.8) is 0 Å². The van der Waals surface area contributed by atoms with Gasteiger partial charge in [0.15, 0.2) is 0 Å². The quantitative estimate of drug-likeness (QED) is 0.646. The highest BCUT2D eigenvalue weighted by Crippen LogP contribution is 2.43. The number of hydrogen-bond donors (Lipinski definition) is 1. The first-order valence-electron chi connectivity index (χ1n) is 11.4. The van der Waals surface area contributed by atoms with Gasteiger partial charge in [0.05, 0.1) is 43.3 Å². The third kappa shape index (κ3) is 3.95. The topological polar surface area (TPSA) is 84.6 Å². The number of amides is 2. The molecule has 0 saturated carbocycles. The molecule has 2 aliphatic heterocycles. The maximum Gasteiger partial charge on any atom is 0.242 e. The molecule has 0 bridgehead atoms. The summed E-state index contributed by atoms with van der Waals surface area (Å²) in [6, 6.07) is 26.8. The van der Waals surface area contributed by atoms with Crippen LogP contribution < -0.4 is 0 Å². The van der Waals surface area contributed by atoms with Crippen LogP contribution in [-0.2, 0) is 16.0 Å². The minimum absolute atomic E-state index is 0.0312. The third-order valence-corrected chi connectivity index (χ3v) is 6.95. The second-order valence-electron chi connectivity index (χ2n) is 8.89. The summed E-state index contributed by atoms with van der Waals surface area (Å²) in [6.45, 7) is 0.418. The van der Waals surface area contributed by atoms with Gasteiger partial charge in [0, 0.05) is 12.5 Å². The van der Waals surface area contributed by atoms with E-state index >= 15 is 0 Å². The highest BCUT2D eigenvalue weighted by molar-refractivity contribution is 5.88. The Bertz CT molecular complexity index is 1230. The molecule has 3 aromatic rings. The first kappa shape index (κ1) is 21.9. The Labute approximate surface area is 198 Å². The maximum atomic E-state index is 12.9. The van der Waals surface area contributed by atoms with Crippen molar-refractivity contribution < 1.29 is 14.7 Å². The molecule has 2 heterocycles. The van der Waals surface area contributed by atoms with Gasteiger partial charge in [-0.3, -0.25) is 9.59 Å². The molecule has 2 aliphatic rings.